The molecule has 0 spiro atoms. The van der Waals surface area contributed by atoms with Crippen LogP contribution in [0.3, 0.4) is 0 Å². The van der Waals surface area contributed by atoms with Crippen LogP contribution in [-0.2, 0) is 22.7 Å². The molecule has 2 aromatic heterocycles. The predicted octanol–water partition coefficient (Wildman–Crippen LogP) is 4.42. The average Bonchev–Trinajstić information content (AvgIpc) is 3.40. The van der Waals surface area contributed by atoms with Crippen molar-refractivity contribution < 1.29 is 14.0 Å². The molecule has 5 aromatic rings. The average molecular weight is 466 g/mol. The van der Waals surface area contributed by atoms with Gasteiger partial charge in [0.15, 0.2) is 5.43 Å². The summed E-state index contributed by atoms with van der Waals surface area (Å²) < 4.78 is 7.28. The quantitative estimate of drug-likeness (QED) is 0.361. The maximum absolute atomic E-state index is 13.6. The second kappa shape index (κ2) is 9.69. The van der Waals surface area contributed by atoms with Crippen molar-refractivity contribution >= 4 is 39.3 Å². The summed E-state index contributed by atoms with van der Waals surface area (Å²) in [5, 5.41) is 3.91. The minimum Gasteiger partial charge on any atom is -0.467 e. The number of nitrogens with zero attached hydrogens (tertiary/aromatic N) is 2. The van der Waals surface area contributed by atoms with E-state index in [9.17, 15) is 14.4 Å². The minimum atomic E-state index is -0.314. The van der Waals surface area contributed by atoms with Crippen LogP contribution in [0.2, 0.25) is 0 Å². The maximum Gasteiger partial charge on any atom is 0.244 e. The fourth-order valence-corrected chi connectivity index (χ4v) is 4.20. The number of furan rings is 1. The van der Waals surface area contributed by atoms with Crippen LogP contribution < -0.4 is 10.7 Å². The molecular weight excluding hydrogens is 442 g/mol. The molecule has 5 rings (SSSR count). The normalized spacial score (nSPS) is 11.0. The van der Waals surface area contributed by atoms with Crippen LogP contribution in [0.25, 0.3) is 21.8 Å². The van der Waals surface area contributed by atoms with Gasteiger partial charge < -0.3 is 19.2 Å². The smallest absolute Gasteiger partial charge is 0.244 e. The highest BCUT2D eigenvalue weighted by molar-refractivity contribution is 5.96. The van der Waals surface area contributed by atoms with Crippen molar-refractivity contribution in [3.05, 3.63) is 113 Å². The van der Waals surface area contributed by atoms with Gasteiger partial charge in [-0.25, -0.2) is 0 Å². The van der Waals surface area contributed by atoms with E-state index in [-0.39, 0.29) is 36.9 Å². The summed E-state index contributed by atoms with van der Waals surface area (Å²) in [4.78, 5) is 40.9. The Bertz CT molecular complexity index is 1500. The summed E-state index contributed by atoms with van der Waals surface area (Å²) in [5.41, 5.74) is 1.90. The molecular formula is C28H23N3O4. The maximum atomic E-state index is 13.6. The lowest BCUT2D eigenvalue weighted by molar-refractivity contribution is -0.136. The SMILES string of the molecule is O=C(CN(Cc1ccco1)C(=O)Cn1c2ccccc2c(=O)c2ccccc21)Nc1ccccc1. The molecule has 0 aliphatic heterocycles. The first-order chi connectivity index (χ1) is 17.1. The van der Waals surface area contributed by atoms with Crippen LogP contribution in [0, 0.1) is 0 Å². The number of hydrogen-bond donors (Lipinski definition) is 1. The molecule has 7 nitrogen and oxygen atoms in total. The van der Waals surface area contributed by atoms with E-state index < -0.39 is 0 Å². The molecule has 0 aliphatic rings. The third-order valence-electron chi connectivity index (χ3n) is 5.84. The number of anilines is 1. The first-order valence-corrected chi connectivity index (χ1v) is 11.3. The van der Waals surface area contributed by atoms with Gasteiger partial charge in [-0.05, 0) is 48.5 Å². The van der Waals surface area contributed by atoms with Crippen LogP contribution in [0.5, 0.6) is 0 Å². The second-order valence-corrected chi connectivity index (χ2v) is 8.19. The standard InChI is InChI=1S/C28H23N3O4/c32-26(29-20-9-2-1-3-10-20)18-30(17-21-11-8-16-35-21)27(33)19-31-24-14-6-4-12-22(24)28(34)23-13-5-7-15-25(23)31/h1-16H,17-19H2,(H,29,32). The lowest BCUT2D eigenvalue weighted by atomic mass is 10.1. The third-order valence-corrected chi connectivity index (χ3v) is 5.84. The topological polar surface area (TPSA) is 84.6 Å². The predicted molar refractivity (Wildman–Crippen MR) is 135 cm³/mol. The Morgan fingerprint density at radius 2 is 1.43 bits per heavy atom. The Morgan fingerprint density at radius 3 is 2.06 bits per heavy atom. The van der Waals surface area contributed by atoms with Gasteiger partial charge in [0.25, 0.3) is 0 Å². The largest absolute Gasteiger partial charge is 0.467 e. The van der Waals surface area contributed by atoms with Gasteiger partial charge in [-0.2, -0.15) is 0 Å². The van der Waals surface area contributed by atoms with Crippen molar-refractivity contribution in [2.24, 2.45) is 0 Å². The van der Waals surface area contributed by atoms with Gasteiger partial charge in [-0.15, -0.1) is 0 Å². The number of amides is 2. The van der Waals surface area contributed by atoms with Crippen LogP contribution in [-0.4, -0.2) is 27.8 Å². The molecule has 1 N–H and O–H groups in total. The molecule has 0 bridgehead atoms. The fraction of sp³-hybridized carbons (Fsp3) is 0.107. The van der Waals surface area contributed by atoms with E-state index in [2.05, 4.69) is 5.32 Å². The van der Waals surface area contributed by atoms with Crippen molar-refractivity contribution in [2.45, 2.75) is 13.1 Å². The van der Waals surface area contributed by atoms with Crippen molar-refractivity contribution in [3.8, 4) is 0 Å². The number of fused-ring (bicyclic) bond motifs is 2. The number of pyridine rings is 1. The first kappa shape index (κ1) is 22.2. The lowest BCUT2D eigenvalue weighted by Gasteiger charge is -2.23. The van der Waals surface area contributed by atoms with Crippen LogP contribution in [0.1, 0.15) is 5.76 Å². The second-order valence-electron chi connectivity index (χ2n) is 8.19. The Labute approximate surface area is 201 Å². The van der Waals surface area contributed by atoms with Crippen LogP contribution in [0.4, 0.5) is 5.69 Å². The molecule has 0 fully saturated rings. The molecule has 35 heavy (non-hydrogen) atoms. The lowest BCUT2D eigenvalue weighted by Crippen LogP contribution is -2.39. The highest BCUT2D eigenvalue weighted by Crippen LogP contribution is 2.20. The number of benzene rings is 3. The van der Waals surface area contributed by atoms with E-state index in [1.165, 1.54) is 11.2 Å². The molecule has 0 aliphatic carbocycles. The summed E-state index contributed by atoms with van der Waals surface area (Å²) in [5.74, 6) is -0.0187. The van der Waals surface area contributed by atoms with Gasteiger partial charge >= 0.3 is 0 Å². The number of carbonyl (C=O) groups excluding carboxylic acids is 2. The molecule has 0 radical (unpaired) electrons. The molecule has 0 atom stereocenters. The molecule has 2 amide bonds. The molecule has 0 unspecified atom stereocenters. The summed E-state index contributed by atoms with van der Waals surface area (Å²) in [6.07, 6.45) is 1.53. The zero-order valence-corrected chi connectivity index (χ0v) is 18.9. The van der Waals surface area contributed by atoms with E-state index >= 15 is 0 Å². The van der Waals surface area contributed by atoms with Gasteiger partial charge in [-0.3, -0.25) is 14.4 Å². The van der Waals surface area contributed by atoms with Crippen LogP contribution in [0.15, 0.2) is 106 Å². The summed E-state index contributed by atoms with van der Waals surface area (Å²) >= 11 is 0. The van der Waals surface area contributed by atoms with Crippen molar-refractivity contribution in [1.29, 1.82) is 0 Å². The van der Waals surface area contributed by atoms with Gasteiger partial charge in [-0.1, -0.05) is 42.5 Å². The van der Waals surface area contributed by atoms with Gasteiger partial charge in [0, 0.05) is 16.5 Å². The Balaban J connectivity index is 1.48. The molecule has 0 saturated carbocycles. The minimum absolute atomic E-state index is 0.0410. The van der Waals surface area contributed by atoms with Crippen molar-refractivity contribution in [3.63, 3.8) is 0 Å². The molecule has 2 heterocycles. The molecule has 0 saturated heterocycles. The fourth-order valence-electron chi connectivity index (χ4n) is 4.20. The number of aromatic nitrogens is 1. The van der Waals surface area contributed by atoms with Crippen molar-refractivity contribution in [2.75, 3.05) is 11.9 Å². The highest BCUT2D eigenvalue weighted by Gasteiger charge is 2.21. The molecule has 174 valence electrons. The van der Waals surface area contributed by atoms with E-state index in [0.717, 1.165) is 0 Å². The van der Waals surface area contributed by atoms with Crippen molar-refractivity contribution in [1.82, 2.24) is 9.47 Å². The van der Waals surface area contributed by atoms with Gasteiger partial charge in [0.1, 0.15) is 18.8 Å². The van der Waals surface area contributed by atoms with E-state index in [1.54, 1.807) is 36.4 Å². The highest BCUT2D eigenvalue weighted by atomic mass is 16.3. The Kier molecular flexibility index (Phi) is 6.13. The van der Waals surface area contributed by atoms with Gasteiger partial charge in [0.05, 0.1) is 23.8 Å². The Morgan fingerprint density at radius 1 is 0.800 bits per heavy atom. The monoisotopic (exact) mass is 465 g/mol. The number of carbonyl (C=O) groups is 2. The first-order valence-electron chi connectivity index (χ1n) is 11.3. The van der Waals surface area contributed by atoms with E-state index in [0.29, 0.717) is 33.3 Å². The summed E-state index contributed by atoms with van der Waals surface area (Å²) in [6.45, 7) is -0.0464. The molecule has 3 aromatic carbocycles. The van der Waals surface area contributed by atoms with E-state index in [1.807, 2.05) is 59.2 Å². The summed E-state index contributed by atoms with van der Waals surface area (Å²) in [6, 6.07) is 27.1. The van der Waals surface area contributed by atoms with E-state index in [4.69, 9.17) is 4.42 Å². The number of rotatable bonds is 7. The zero-order chi connectivity index (χ0) is 24.2. The summed E-state index contributed by atoms with van der Waals surface area (Å²) in [7, 11) is 0. The Hall–Kier alpha value is -4.65. The number of hydrogen-bond acceptors (Lipinski definition) is 4. The zero-order valence-electron chi connectivity index (χ0n) is 18.9. The van der Waals surface area contributed by atoms with Gasteiger partial charge in [0.2, 0.25) is 11.8 Å². The van der Waals surface area contributed by atoms with Crippen LogP contribution >= 0.6 is 0 Å². The number of para-hydroxylation sites is 3. The number of nitrogens with one attached hydrogen (secondary N) is 1. The molecule has 7 heteroatoms. The third kappa shape index (κ3) is 4.70.